The molecule has 108 valence electrons. The predicted octanol–water partition coefficient (Wildman–Crippen LogP) is 0.477. The van der Waals surface area contributed by atoms with Crippen LogP contribution in [-0.4, -0.2) is 40.0 Å². The van der Waals surface area contributed by atoms with Crippen LogP contribution in [0.15, 0.2) is 18.2 Å². The SMILES string of the molecule is NNc1ccc(C(=O)N2CCC(O)CC2)cc1[N+](=O)[O-]. The van der Waals surface area contributed by atoms with Crippen molar-refractivity contribution in [3.05, 3.63) is 33.9 Å². The molecule has 0 bridgehead atoms. The lowest BCUT2D eigenvalue weighted by molar-refractivity contribution is -0.384. The molecule has 0 aliphatic carbocycles. The monoisotopic (exact) mass is 280 g/mol. The third-order valence-electron chi connectivity index (χ3n) is 3.35. The third-order valence-corrected chi connectivity index (χ3v) is 3.35. The summed E-state index contributed by atoms with van der Waals surface area (Å²) in [6.45, 7) is 0.898. The number of piperidine rings is 1. The van der Waals surface area contributed by atoms with Crippen molar-refractivity contribution in [1.29, 1.82) is 0 Å². The van der Waals surface area contributed by atoms with Crippen LogP contribution in [0.2, 0.25) is 0 Å². The molecule has 1 fully saturated rings. The second-order valence-electron chi connectivity index (χ2n) is 4.66. The van der Waals surface area contributed by atoms with Gasteiger partial charge in [-0.1, -0.05) is 0 Å². The zero-order valence-electron chi connectivity index (χ0n) is 10.8. The van der Waals surface area contributed by atoms with E-state index in [2.05, 4.69) is 5.43 Å². The number of carbonyl (C=O) groups excluding carboxylic acids is 1. The molecule has 0 aromatic heterocycles. The Morgan fingerprint density at radius 2 is 2.10 bits per heavy atom. The van der Waals surface area contributed by atoms with E-state index >= 15 is 0 Å². The molecule has 0 spiro atoms. The number of hydrogen-bond donors (Lipinski definition) is 3. The van der Waals surface area contributed by atoms with Crippen molar-refractivity contribution in [3.8, 4) is 0 Å². The van der Waals surface area contributed by atoms with E-state index < -0.39 is 4.92 Å². The van der Waals surface area contributed by atoms with Crippen molar-refractivity contribution in [2.75, 3.05) is 18.5 Å². The van der Waals surface area contributed by atoms with Gasteiger partial charge in [-0.25, -0.2) is 0 Å². The van der Waals surface area contributed by atoms with E-state index in [0.717, 1.165) is 0 Å². The number of amides is 1. The Balaban J connectivity index is 2.22. The van der Waals surface area contributed by atoms with Crippen molar-refractivity contribution in [2.24, 2.45) is 5.84 Å². The zero-order valence-corrected chi connectivity index (χ0v) is 10.8. The number of nitrogen functional groups attached to an aromatic ring is 1. The van der Waals surface area contributed by atoms with E-state index in [1.165, 1.54) is 18.2 Å². The molecule has 1 aliphatic heterocycles. The number of nitrogens with one attached hydrogen (secondary N) is 1. The number of carbonyl (C=O) groups is 1. The average Bonchev–Trinajstić information content (AvgIpc) is 2.46. The highest BCUT2D eigenvalue weighted by molar-refractivity contribution is 5.95. The molecule has 0 unspecified atom stereocenters. The van der Waals surface area contributed by atoms with Crippen LogP contribution in [0.1, 0.15) is 23.2 Å². The Morgan fingerprint density at radius 3 is 2.65 bits per heavy atom. The maximum Gasteiger partial charge on any atom is 0.294 e. The molecule has 20 heavy (non-hydrogen) atoms. The quantitative estimate of drug-likeness (QED) is 0.420. The zero-order chi connectivity index (χ0) is 14.7. The van der Waals surface area contributed by atoms with Gasteiger partial charge in [-0.05, 0) is 25.0 Å². The molecular weight excluding hydrogens is 264 g/mol. The topological polar surface area (TPSA) is 122 Å². The molecule has 2 rings (SSSR count). The molecule has 4 N–H and O–H groups in total. The number of nitrogens with zero attached hydrogens (tertiary/aromatic N) is 2. The first-order valence-electron chi connectivity index (χ1n) is 6.25. The molecule has 1 aromatic carbocycles. The molecule has 0 radical (unpaired) electrons. The molecule has 1 saturated heterocycles. The summed E-state index contributed by atoms with van der Waals surface area (Å²) >= 11 is 0. The van der Waals surface area contributed by atoms with Crippen LogP contribution < -0.4 is 11.3 Å². The van der Waals surface area contributed by atoms with Crippen LogP contribution in [-0.2, 0) is 0 Å². The van der Waals surface area contributed by atoms with Crippen LogP contribution in [0.5, 0.6) is 0 Å². The Hall–Kier alpha value is -2.19. The molecule has 1 amide bonds. The van der Waals surface area contributed by atoms with Crippen molar-refractivity contribution in [2.45, 2.75) is 18.9 Å². The molecular formula is C12H16N4O4. The smallest absolute Gasteiger partial charge is 0.294 e. The highest BCUT2D eigenvalue weighted by Gasteiger charge is 2.24. The van der Waals surface area contributed by atoms with Crippen molar-refractivity contribution in [3.63, 3.8) is 0 Å². The van der Waals surface area contributed by atoms with E-state index in [9.17, 15) is 20.0 Å². The van der Waals surface area contributed by atoms with Crippen molar-refractivity contribution < 1.29 is 14.8 Å². The molecule has 1 aliphatic rings. The summed E-state index contributed by atoms with van der Waals surface area (Å²) in [4.78, 5) is 24.2. The summed E-state index contributed by atoms with van der Waals surface area (Å²) in [5.41, 5.74) is 2.38. The number of hydrogen-bond acceptors (Lipinski definition) is 6. The fourth-order valence-electron chi connectivity index (χ4n) is 2.19. The van der Waals surface area contributed by atoms with Gasteiger partial charge in [-0.3, -0.25) is 20.8 Å². The van der Waals surface area contributed by atoms with E-state index in [1.54, 1.807) is 4.90 Å². The fraction of sp³-hybridized carbons (Fsp3) is 0.417. The number of nitro groups is 1. The van der Waals surface area contributed by atoms with Crippen molar-refractivity contribution in [1.82, 2.24) is 4.90 Å². The third kappa shape index (κ3) is 2.86. The van der Waals surface area contributed by atoms with Gasteiger partial charge in [0.15, 0.2) is 0 Å². The molecule has 8 nitrogen and oxygen atoms in total. The summed E-state index contributed by atoms with van der Waals surface area (Å²) in [6.07, 6.45) is 0.671. The van der Waals surface area contributed by atoms with Crippen molar-refractivity contribution >= 4 is 17.3 Å². The number of benzene rings is 1. The van der Waals surface area contributed by atoms with E-state index in [0.29, 0.717) is 25.9 Å². The maximum atomic E-state index is 12.3. The minimum atomic E-state index is -0.591. The summed E-state index contributed by atoms with van der Waals surface area (Å²) in [7, 11) is 0. The molecule has 0 atom stereocenters. The average molecular weight is 280 g/mol. The standard InChI is InChI=1S/C12H16N4O4/c13-14-10-2-1-8(7-11(10)16(19)20)12(18)15-5-3-9(17)4-6-15/h1-2,7,9,14,17H,3-6,13H2. The van der Waals surface area contributed by atoms with Crippen LogP contribution >= 0.6 is 0 Å². The van der Waals surface area contributed by atoms with Gasteiger partial charge >= 0.3 is 0 Å². The Bertz CT molecular complexity index is 526. The fourth-order valence-corrected chi connectivity index (χ4v) is 2.19. The first-order chi connectivity index (χ1) is 9.52. The van der Waals surface area contributed by atoms with E-state index in [1.807, 2.05) is 0 Å². The largest absolute Gasteiger partial charge is 0.393 e. The number of rotatable bonds is 3. The summed E-state index contributed by atoms with van der Waals surface area (Å²) in [6, 6.07) is 4.11. The summed E-state index contributed by atoms with van der Waals surface area (Å²) in [5, 5.41) is 20.3. The van der Waals surface area contributed by atoms with Crippen LogP contribution in [0, 0.1) is 10.1 Å². The van der Waals surface area contributed by atoms with Gasteiger partial charge in [0.1, 0.15) is 5.69 Å². The number of anilines is 1. The molecule has 1 heterocycles. The predicted molar refractivity (Wildman–Crippen MR) is 72.1 cm³/mol. The lowest BCUT2D eigenvalue weighted by Gasteiger charge is -2.29. The lowest BCUT2D eigenvalue weighted by atomic mass is 10.1. The first kappa shape index (κ1) is 14.2. The van der Waals surface area contributed by atoms with Gasteiger partial charge in [-0.2, -0.15) is 0 Å². The second-order valence-corrected chi connectivity index (χ2v) is 4.66. The summed E-state index contributed by atoms with van der Waals surface area (Å²) in [5.74, 6) is 4.92. The lowest BCUT2D eigenvalue weighted by Crippen LogP contribution is -2.40. The van der Waals surface area contributed by atoms with Gasteiger partial charge in [0.25, 0.3) is 11.6 Å². The Kier molecular flexibility index (Phi) is 4.16. The number of nitro benzene ring substituents is 1. The first-order valence-corrected chi connectivity index (χ1v) is 6.25. The Morgan fingerprint density at radius 1 is 1.45 bits per heavy atom. The second kappa shape index (κ2) is 5.85. The summed E-state index contributed by atoms with van der Waals surface area (Å²) < 4.78 is 0. The number of hydrazine groups is 1. The number of aliphatic hydroxyl groups excluding tert-OH is 1. The minimum Gasteiger partial charge on any atom is -0.393 e. The molecule has 0 saturated carbocycles. The van der Waals surface area contributed by atoms with Crippen LogP contribution in [0.25, 0.3) is 0 Å². The van der Waals surface area contributed by atoms with E-state index in [4.69, 9.17) is 5.84 Å². The number of nitrogens with two attached hydrogens (primary N) is 1. The molecule has 1 aromatic rings. The van der Waals surface area contributed by atoms with Gasteiger partial charge in [0.05, 0.1) is 11.0 Å². The highest BCUT2D eigenvalue weighted by Crippen LogP contribution is 2.25. The number of aliphatic hydroxyl groups is 1. The van der Waals surface area contributed by atoms with Crippen LogP contribution in [0.4, 0.5) is 11.4 Å². The number of likely N-dealkylation sites (tertiary alicyclic amines) is 1. The van der Waals surface area contributed by atoms with Gasteiger partial charge < -0.3 is 15.4 Å². The van der Waals surface area contributed by atoms with Gasteiger partial charge in [-0.15, -0.1) is 0 Å². The van der Waals surface area contributed by atoms with E-state index in [-0.39, 0.29) is 28.9 Å². The highest BCUT2D eigenvalue weighted by atomic mass is 16.6. The maximum absolute atomic E-state index is 12.3. The Labute approximate surface area is 115 Å². The van der Waals surface area contributed by atoms with Crippen LogP contribution in [0.3, 0.4) is 0 Å². The normalized spacial score (nSPS) is 16.0. The minimum absolute atomic E-state index is 0.153. The van der Waals surface area contributed by atoms with Gasteiger partial charge in [0, 0.05) is 24.7 Å². The molecule has 8 heteroatoms. The van der Waals surface area contributed by atoms with Gasteiger partial charge in [0.2, 0.25) is 0 Å².